The molecule has 1 rings (SSSR count). The summed E-state index contributed by atoms with van der Waals surface area (Å²) >= 11 is 5.46. The second-order valence-corrected chi connectivity index (χ2v) is 5.10. The summed E-state index contributed by atoms with van der Waals surface area (Å²) in [6.45, 7) is 5.21. The molecule has 0 amide bonds. The van der Waals surface area contributed by atoms with Crippen molar-refractivity contribution in [1.82, 2.24) is 5.32 Å². The smallest absolute Gasteiger partial charge is 0.337 e. The molecule has 0 aliphatic carbocycles. The van der Waals surface area contributed by atoms with Crippen LogP contribution >= 0.6 is 11.6 Å². The predicted molar refractivity (Wildman–Crippen MR) is 82.6 cm³/mol. The first-order valence-electron chi connectivity index (χ1n) is 6.45. The third-order valence-electron chi connectivity index (χ3n) is 2.80. The maximum atomic E-state index is 13.4. The topological polar surface area (TPSA) is 49.3 Å². The number of carboxylic acids is 1. The van der Waals surface area contributed by atoms with Gasteiger partial charge in [0, 0.05) is 12.2 Å². The van der Waals surface area contributed by atoms with E-state index in [4.69, 9.17) is 16.7 Å². The molecular formula is C16H16ClF2NO2. The lowest BCUT2D eigenvalue weighted by Gasteiger charge is -2.10. The summed E-state index contributed by atoms with van der Waals surface area (Å²) in [6.07, 6.45) is 1.28. The highest BCUT2D eigenvalue weighted by Crippen LogP contribution is 2.16. The molecule has 0 bridgehead atoms. The molecule has 6 heteroatoms. The Morgan fingerprint density at radius 1 is 1.50 bits per heavy atom. The number of benzene rings is 1. The highest BCUT2D eigenvalue weighted by Gasteiger charge is 2.13. The van der Waals surface area contributed by atoms with Gasteiger partial charge in [-0.3, -0.25) is 0 Å². The number of carbonyl (C=O) groups is 1. The van der Waals surface area contributed by atoms with Gasteiger partial charge < -0.3 is 10.4 Å². The Hall–Kier alpha value is -2.14. The van der Waals surface area contributed by atoms with Crippen molar-refractivity contribution in [1.29, 1.82) is 0 Å². The molecular weight excluding hydrogens is 312 g/mol. The monoisotopic (exact) mass is 327 g/mol. The molecule has 3 nitrogen and oxygen atoms in total. The minimum Gasteiger partial charge on any atom is -0.478 e. The Morgan fingerprint density at radius 3 is 2.73 bits per heavy atom. The number of rotatable bonds is 7. The molecule has 0 fully saturated rings. The van der Waals surface area contributed by atoms with Crippen LogP contribution in [0.5, 0.6) is 0 Å². The predicted octanol–water partition coefficient (Wildman–Crippen LogP) is 3.92. The fourth-order valence-corrected chi connectivity index (χ4v) is 1.70. The lowest BCUT2D eigenvalue weighted by molar-refractivity contribution is -0.132. The molecule has 0 aliphatic heterocycles. The molecule has 1 aromatic carbocycles. The van der Waals surface area contributed by atoms with E-state index in [0.29, 0.717) is 13.0 Å². The number of nitrogens with one attached hydrogen (secondary N) is 1. The zero-order chi connectivity index (χ0) is 16.7. The van der Waals surface area contributed by atoms with Crippen LogP contribution in [0.25, 0.3) is 0 Å². The Labute approximate surface area is 132 Å². The highest BCUT2D eigenvalue weighted by molar-refractivity contribution is 6.29. The summed E-state index contributed by atoms with van der Waals surface area (Å²) in [5.41, 5.74) is 0.484. The van der Waals surface area contributed by atoms with Crippen molar-refractivity contribution in [2.45, 2.75) is 13.3 Å². The number of allylic oxidation sites excluding steroid dienone is 3. The van der Waals surface area contributed by atoms with Crippen molar-refractivity contribution in [3.63, 3.8) is 0 Å². The van der Waals surface area contributed by atoms with Gasteiger partial charge >= 0.3 is 5.97 Å². The van der Waals surface area contributed by atoms with Crippen LogP contribution in [0.3, 0.4) is 0 Å². The molecule has 0 aliphatic rings. The van der Waals surface area contributed by atoms with Crippen molar-refractivity contribution >= 4 is 17.6 Å². The molecule has 0 saturated heterocycles. The lowest BCUT2D eigenvalue weighted by Crippen LogP contribution is -2.20. The molecule has 0 atom stereocenters. The van der Waals surface area contributed by atoms with Crippen molar-refractivity contribution in [2.24, 2.45) is 0 Å². The third-order valence-corrected chi connectivity index (χ3v) is 2.98. The van der Waals surface area contributed by atoms with Crippen molar-refractivity contribution in [3.05, 3.63) is 70.4 Å². The summed E-state index contributed by atoms with van der Waals surface area (Å²) in [4.78, 5) is 11.1. The molecule has 2 N–H and O–H groups in total. The summed E-state index contributed by atoms with van der Waals surface area (Å²) in [5.74, 6) is -2.50. The average Bonchev–Trinajstić information content (AvgIpc) is 2.43. The number of carboxylic acid groups (broad SMARTS) is 1. The van der Waals surface area contributed by atoms with Crippen LogP contribution in [0.15, 0.2) is 59.0 Å². The Bertz CT molecular complexity index is 635. The van der Waals surface area contributed by atoms with Gasteiger partial charge in [-0.25, -0.2) is 13.6 Å². The third kappa shape index (κ3) is 5.69. The van der Waals surface area contributed by atoms with Gasteiger partial charge in [-0.1, -0.05) is 30.3 Å². The molecule has 22 heavy (non-hydrogen) atoms. The van der Waals surface area contributed by atoms with Gasteiger partial charge in [0.05, 0.1) is 10.6 Å². The molecule has 0 radical (unpaired) electrons. The van der Waals surface area contributed by atoms with Crippen LogP contribution in [-0.2, 0) is 11.2 Å². The summed E-state index contributed by atoms with van der Waals surface area (Å²) in [7, 11) is 0. The molecule has 0 spiro atoms. The van der Waals surface area contributed by atoms with Crippen molar-refractivity contribution < 1.29 is 18.7 Å². The van der Waals surface area contributed by atoms with Crippen LogP contribution < -0.4 is 5.32 Å². The van der Waals surface area contributed by atoms with Gasteiger partial charge in [0.1, 0.15) is 11.6 Å². The standard InChI is InChI=1S/C16H16ClF2NO2/c1-10(17)15(19)9-14(16(21)22)11(2)20-7-6-12-4-3-5-13(18)8-12/h3-5,8-9,20H,2,6-7H2,1H3,(H,21,22)/b14-9+,15-10-. The number of halogens is 3. The molecule has 1 aromatic rings. The lowest BCUT2D eigenvalue weighted by atomic mass is 10.1. The van der Waals surface area contributed by atoms with Gasteiger partial charge in [0.2, 0.25) is 0 Å². The van der Waals surface area contributed by atoms with Crippen LogP contribution in [0.1, 0.15) is 12.5 Å². The fraction of sp³-hybridized carbons (Fsp3) is 0.188. The van der Waals surface area contributed by atoms with E-state index >= 15 is 0 Å². The van der Waals surface area contributed by atoms with Gasteiger partial charge in [0.15, 0.2) is 0 Å². The van der Waals surface area contributed by atoms with Gasteiger partial charge in [-0.2, -0.15) is 0 Å². The van der Waals surface area contributed by atoms with Crippen molar-refractivity contribution in [2.75, 3.05) is 6.54 Å². The molecule has 118 valence electrons. The van der Waals surface area contributed by atoms with Crippen LogP contribution in [0, 0.1) is 5.82 Å². The van der Waals surface area contributed by atoms with Gasteiger partial charge in [-0.15, -0.1) is 0 Å². The molecule has 0 saturated carbocycles. The second-order valence-electron chi connectivity index (χ2n) is 4.53. The van der Waals surface area contributed by atoms with Crippen LogP contribution in [0.2, 0.25) is 0 Å². The van der Waals surface area contributed by atoms with E-state index in [9.17, 15) is 13.6 Å². The zero-order valence-electron chi connectivity index (χ0n) is 12.0. The zero-order valence-corrected chi connectivity index (χ0v) is 12.8. The Kier molecular flexibility index (Phi) is 6.79. The maximum absolute atomic E-state index is 13.4. The molecule has 0 unspecified atom stereocenters. The van der Waals surface area contributed by atoms with E-state index in [1.165, 1.54) is 19.1 Å². The first-order valence-corrected chi connectivity index (χ1v) is 6.83. The minimum atomic E-state index is -1.32. The van der Waals surface area contributed by atoms with E-state index in [2.05, 4.69) is 11.9 Å². The number of hydrogen-bond acceptors (Lipinski definition) is 2. The maximum Gasteiger partial charge on any atom is 0.337 e. The first kappa shape index (κ1) is 17.9. The van der Waals surface area contributed by atoms with Crippen LogP contribution in [0.4, 0.5) is 8.78 Å². The van der Waals surface area contributed by atoms with Gasteiger partial charge in [0.25, 0.3) is 0 Å². The molecule has 0 aromatic heterocycles. The Morgan fingerprint density at radius 2 is 2.18 bits per heavy atom. The number of aliphatic carboxylic acids is 1. The number of hydrogen-bond donors (Lipinski definition) is 2. The summed E-state index contributed by atoms with van der Waals surface area (Å²) < 4.78 is 26.4. The average molecular weight is 328 g/mol. The van der Waals surface area contributed by atoms with Crippen molar-refractivity contribution in [3.8, 4) is 0 Å². The van der Waals surface area contributed by atoms with E-state index < -0.39 is 11.8 Å². The van der Waals surface area contributed by atoms with Crippen LogP contribution in [-0.4, -0.2) is 17.6 Å². The van der Waals surface area contributed by atoms with E-state index in [0.717, 1.165) is 11.6 Å². The fourth-order valence-electron chi connectivity index (χ4n) is 1.65. The van der Waals surface area contributed by atoms with E-state index in [1.807, 2.05) is 0 Å². The molecule has 0 heterocycles. The quantitative estimate of drug-likeness (QED) is 0.589. The van der Waals surface area contributed by atoms with Gasteiger partial charge in [-0.05, 0) is 37.1 Å². The SMILES string of the molecule is C=C(NCCc1cccc(F)c1)/C(=C\C(F)=C(/C)Cl)C(=O)O. The first-order chi connectivity index (χ1) is 10.3. The summed E-state index contributed by atoms with van der Waals surface area (Å²) in [5, 5.41) is 11.7. The summed E-state index contributed by atoms with van der Waals surface area (Å²) in [6, 6.07) is 6.06. The normalized spacial score (nSPS) is 12.6. The van der Waals surface area contributed by atoms with E-state index in [-0.39, 0.29) is 22.1 Å². The second kappa shape index (κ2) is 8.34. The Balaban J connectivity index is 2.69. The minimum absolute atomic E-state index is 0.0527. The largest absolute Gasteiger partial charge is 0.478 e. The van der Waals surface area contributed by atoms with E-state index in [1.54, 1.807) is 12.1 Å². The highest BCUT2D eigenvalue weighted by atomic mass is 35.5.